The summed E-state index contributed by atoms with van der Waals surface area (Å²) < 4.78 is 19.1. The molecule has 0 radical (unpaired) electrons. The van der Waals surface area contributed by atoms with Crippen molar-refractivity contribution in [2.24, 2.45) is 4.99 Å². The predicted molar refractivity (Wildman–Crippen MR) is 116 cm³/mol. The first kappa shape index (κ1) is 21.4. The number of rotatable bonds is 8. The highest BCUT2D eigenvalue weighted by Gasteiger charge is 2.44. The summed E-state index contributed by atoms with van der Waals surface area (Å²) >= 11 is 0. The first-order valence-electron chi connectivity index (χ1n) is 9.03. The highest BCUT2D eigenvalue weighted by atomic mass is 127. The third-order valence-electron chi connectivity index (χ3n) is 4.47. The van der Waals surface area contributed by atoms with Crippen molar-refractivity contribution in [3.63, 3.8) is 0 Å². The van der Waals surface area contributed by atoms with Gasteiger partial charge in [-0.2, -0.15) is 0 Å². The molecule has 2 aromatic rings. The van der Waals surface area contributed by atoms with Crippen molar-refractivity contribution in [2.45, 2.75) is 25.2 Å². The third-order valence-corrected chi connectivity index (χ3v) is 4.47. The second kappa shape index (κ2) is 10.4. The van der Waals surface area contributed by atoms with Gasteiger partial charge >= 0.3 is 0 Å². The van der Waals surface area contributed by atoms with Crippen LogP contribution in [0.15, 0.2) is 53.8 Å². The zero-order valence-electron chi connectivity index (χ0n) is 15.5. The van der Waals surface area contributed by atoms with Gasteiger partial charge in [-0.05, 0) is 49.6 Å². The van der Waals surface area contributed by atoms with Crippen LogP contribution in [0, 0.1) is 5.82 Å². The number of hydrogen-bond donors (Lipinski definition) is 2. The molecule has 3 rings (SSSR count). The molecule has 0 spiro atoms. The molecule has 1 aromatic heterocycles. The van der Waals surface area contributed by atoms with Crippen LogP contribution in [0.1, 0.15) is 25.3 Å². The van der Waals surface area contributed by atoms with E-state index in [1.807, 2.05) is 25.1 Å². The third kappa shape index (κ3) is 6.34. The molecule has 7 heteroatoms. The lowest BCUT2D eigenvalue weighted by atomic mass is 9.96. The first-order chi connectivity index (χ1) is 12.7. The minimum Gasteiger partial charge on any atom is -0.490 e. The Morgan fingerprint density at radius 1 is 1.26 bits per heavy atom. The van der Waals surface area contributed by atoms with E-state index in [1.165, 1.54) is 6.07 Å². The number of pyridine rings is 1. The van der Waals surface area contributed by atoms with Gasteiger partial charge in [0.2, 0.25) is 0 Å². The minimum atomic E-state index is -0.185. The molecule has 1 aromatic carbocycles. The zero-order valence-corrected chi connectivity index (χ0v) is 17.8. The molecule has 1 fully saturated rings. The van der Waals surface area contributed by atoms with Gasteiger partial charge in [0, 0.05) is 18.2 Å². The lowest BCUT2D eigenvalue weighted by Crippen LogP contribution is -2.39. The van der Waals surface area contributed by atoms with Crippen molar-refractivity contribution < 1.29 is 9.13 Å². The summed E-state index contributed by atoms with van der Waals surface area (Å²) in [6.07, 6.45) is 5.50. The van der Waals surface area contributed by atoms with Crippen LogP contribution in [-0.4, -0.2) is 37.2 Å². The number of guanidine groups is 1. The van der Waals surface area contributed by atoms with Crippen LogP contribution < -0.4 is 15.4 Å². The van der Waals surface area contributed by atoms with Crippen molar-refractivity contribution >= 4 is 29.9 Å². The van der Waals surface area contributed by atoms with Gasteiger partial charge in [-0.25, -0.2) is 4.39 Å². The number of nitrogens with zero attached hydrogens (tertiary/aromatic N) is 2. The topological polar surface area (TPSA) is 58.5 Å². The Morgan fingerprint density at radius 2 is 2.11 bits per heavy atom. The molecule has 1 aliphatic carbocycles. The Balaban J connectivity index is 0.00000261. The van der Waals surface area contributed by atoms with Crippen molar-refractivity contribution in [3.05, 3.63) is 60.2 Å². The maximum absolute atomic E-state index is 13.5. The molecule has 0 atom stereocenters. The van der Waals surface area contributed by atoms with Gasteiger partial charge in [0.1, 0.15) is 18.2 Å². The summed E-state index contributed by atoms with van der Waals surface area (Å²) in [6, 6.07) is 10.6. The summed E-state index contributed by atoms with van der Waals surface area (Å²) in [5.41, 5.74) is 1.02. The van der Waals surface area contributed by atoms with E-state index in [2.05, 4.69) is 15.6 Å². The molecule has 0 aliphatic heterocycles. The van der Waals surface area contributed by atoms with Gasteiger partial charge < -0.3 is 15.4 Å². The molecule has 27 heavy (non-hydrogen) atoms. The molecule has 0 bridgehead atoms. The SMILES string of the molecule is CCNC(=NCC1(c2cccc(F)c2)CC1)NCCOc1cccnc1.I. The molecule has 0 saturated heterocycles. The van der Waals surface area contributed by atoms with E-state index in [0.29, 0.717) is 19.7 Å². The number of ether oxygens (including phenoxy) is 1. The van der Waals surface area contributed by atoms with Crippen molar-refractivity contribution in [1.82, 2.24) is 15.6 Å². The number of benzene rings is 1. The van der Waals surface area contributed by atoms with Crippen molar-refractivity contribution in [1.29, 1.82) is 0 Å². The maximum atomic E-state index is 13.5. The standard InChI is InChI=1S/C20H25FN4O.HI/c1-2-23-19(24-11-12-26-18-7-4-10-22-14-18)25-15-20(8-9-20)16-5-3-6-17(21)13-16;/h3-7,10,13-14H,2,8-9,11-12,15H2,1H3,(H2,23,24,25);1H. The van der Waals surface area contributed by atoms with Crippen LogP contribution in [0.25, 0.3) is 0 Å². The molecule has 0 unspecified atom stereocenters. The Hall–Kier alpha value is -1.90. The second-order valence-electron chi connectivity index (χ2n) is 6.45. The van der Waals surface area contributed by atoms with Crippen LogP contribution in [0.3, 0.4) is 0 Å². The van der Waals surface area contributed by atoms with E-state index < -0.39 is 0 Å². The molecule has 1 heterocycles. The number of aromatic nitrogens is 1. The average molecular weight is 484 g/mol. The number of aliphatic imine (C=N–C) groups is 1. The van der Waals surface area contributed by atoms with E-state index in [1.54, 1.807) is 24.5 Å². The van der Waals surface area contributed by atoms with Gasteiger partial charge in [0.25, 0.3) is 0 Å². The summed E-state index contributed by atoms with van der Waals surface area (Å²) in [7, 11) is 0. The predicted octanol–water partition coefficient (Wildman–Crippen LogP) is 3.50. The first-order valence-corrected chi connectivity index (χ1v) is 9.03. The molecular formula is C20H26FIN4O. The van der Waals surface area contributed by atoms with Gasteiger partial charge in [0.15, 0.2) is 5.96 Å². The number of halogens is 2. The summed E-state index contributed by atoms with van der Waals surface area (Å²) in [5.74, 6) is 1.32. The Morgan fingerprint density at radius 3 is 2.78 bits per heavy atom. The van der Waals surface area contributed by atoms with E-state index in [0.717, 1.165) is 36.7 Å². The fourth-order valence-corrected chi connectivity index (χ4v) is 2.85. The van der Waals surface area contributed by atoms with Crippen molar-refractivity contribution in [2.75, 3.05) is 26.2 Å². The second-order valence-corrected chi connectivity index (χ2v) is 6.45. The molecule has 1 aliphatic rings. The molecule has 146 valence electrons. The van der Waals surface area contributed by atoms with E-state index >= 15 is 0 Å². The lowest BCUT2D eigenvalue weighted by Gasteiger charge is -2.16. The van der Waals surface area contributed by atoms with E-state index in [9.17, 15) is 4.39 Å². The quantitative estimate of drug-likeness (QED) is 0.261. The monoisotopic (exact) mass is 484 g/mol. The van der Waals surface area contributed by atoms with Gasteiger partial charge in [-0.15, -0.1) is 24.0 Å². The van der Waals surface area contributed by atoms with Gasteiger partial charge in [0.05, 0.1) is 19.3 Å². The van der Waals surface area contributed by atoms with Crippen molar-refractivity contribution in [3.8, 4) is 5.75 Å². The number of hydrogen-bond acceptors (Lipinski definition) is 3. The summed E-state index contributed by atoms with van der Waals surface area (Å²) in [6.45, 7) is 4.61. The van der Waals surface area contributed by atoms with Gasteiger partial charge in [-0.1, -0.05) is 12.1 Å². The molecule has 2 N–H and O–H groups in total. The highest BCUT2D eigenvalue weighted by Crippen LogP contribution is 2.48. The largest absolute Gasteiger partial charge is 0.490 e. The van der Waals surface area contributed by atoms with Crippen LogP contribution in [0.4, 0.5) is 4.39 Å². The Labute approximate surface area is 176 Å². The molecule has 5 nitrogen and oxygen atoms in total. The lowest BCUT2D eigenvalue weighted by molar-refractivity contribution is 0.320. The summed E-state index contributed by atoms with van der Waals surface area (Å²) in [4.78, 5) is 8.72. The van der Waals surface area contributed by atoms with E-state index in [4.69, 9.17) is 9.73 Å². The van der Waals surface area contributed by atoms with Gasteiger partial charge in [-0.3, -0.25) is 9.98 Å². The molecular weight excluding hydrogens is 458 g/mol. The maximum Gasteiger partial charge on any atom is 0.191 e. The smallest absolute Gasteiger partial charge is 0.191 e. The Kier molecular flexibility index (Phi) is 8.27. The number of nitrogens with one attached hydrogen (secondary N) is 2. The Bertz CT molecular complexity index is 738. The fourth-order valence-electron chi connectivity index (χ4n) is 2.85. The van der Waals surface area contributed by atoms with Crippen LogP contribution in [0.2, 0.25) is 0 Å². The van der Waals surface area contributed by atoms with Crippen LogP contribution in [-0.2, 0) is 5.41 Å². The molecule has 1 saturated carbocycles. The minimum absolute atomic E-state index is 0. The average Bonchev–Trinajstić information content (AvgIpc) is 3.45. The fraction of sp³-hybridized carbons (Fsp3) is 0.400. The van der Waals surface area contributed by atoms with E-state index in [-0.39, 0.29) is 35.2 Å². The van der Waals surface area contributed by atoms with Crippen LogP contribution in [0.5, 0.6) is 5.75 Å². The highest BCUT2D eigenvalue weighted by molar-refractivity contribution is 14.0. The normalized spacial score (nSPS) is 14.8. The summed E-state index contributed by atoms with van der Waals surface area (Å²) in [5, 5.41) is 6.51. The van der Waals surface area contributed by atoms with Crippen LogP contribution >= 0.6 is 24.0 Å². The zero-order chi connectivity index (χ0) is 18.2. The molecule has 0 amide bonds.